The third kappa shape index (κ3) is 2.69. The van der Waals surface area contributed by atoms with Gasteiger partial charge in [0.1, 0.15) is 5.56 Å². The van der Waals surface area contributed by atoms with Crippen molar-refractivity contribution in [2.75, 3.05) is 26.6 Å². The van der Waals surface area contributed by atoms with Gasteiger partial charge in [-0.2, -0.15) is 5.10 Å². The average Bonchev–Trinajstić information content (AvgIpc) is 3.08. The number of carbonyl (C=O) groups is 1. The summed E-state index contributed by atoms with van der Waals surface area (Å²) >= 11 is 0. The van der Waals surface area contributed by atoms with Gasteiger partial charge in [0.2, 0.25) is 5.75 Å². The van der Waals surface area contributed by atoms with Gasteiger partial charge in [-0.25, -0.2) is 9.50 Å². The van der Waals surface area contributed by atoms with Crippen LogP contribution in [0.25, 0.3) is 5.65 Å². The van der Waals surface area contributed by atoms with Crippen LogP contribution in [-0.2, 0) is 0 Å². The summed E-state index contributed by atoms with van der Waals surface area (Å²) in [5.74, 6) is 1.17. The minimum absolute atomic E-state index is 0.320. The molecule has 3 rings (SSSR count). The number of benzene rings is 1. The molecule has 0 aliphatic heterocycles. The van der Waals surface area contributed by atoms with E-state index in [-0.39, 0.29) is 5.91 Å². The number of amides is 1. The molecule has 1 N–H and O–H groups in total. The number of carbonyl (C=O) groups excluding carboxylic acids is 1. The first-order chi connectivity index (χ1) is 12.5. The molecule has 0 fully saturated rings. The highest BCUT2D eigenvalue weighted by Crippen LogP contribution is 2.47. The van der Waals surface area contributed by atoms with E-state index in [1.54, 1.807) is 44.3 Å². The van der Waals surface area contributed by atoms with Crippen molar-refractivity contribution >= 4 is 17.2 Å². The van der Waals surface area contributed by atoms with E-state index in [1.807, 2.05) is 13.8 Å². The molecule has 2 aromatic heterocycles. The van der Waals surface area contributed by atoms with Crippen LogP contribution in [-0.4, -0.2) is 41.8 Å². The molecular formula is C18H20N4O4. The Kier molecular flexibility index (Phi) is 4.66. The monoisotopic (exact) mass is 356 g/mol. The molecule has 0 aliphatic carbocycles. The molecule has 1 aromatic carbocycles. The number of anilines is 1. The maximum atomic E-state index is 12.8. The molecule has 136 valence electrons. The Hall–Kier alpha value is -3.29. The lowest BCUT2D eigenvalue weighted by Crippen LogP contribution is -2.15. The minimum atomic E-state index is -0.320. The van der Waals surface area contributed by atoms with Crippen LogP contribution in [0.4, 0.5) is 5.69 Å². The van der Waals surface area contributed by atoms with Crippen LogP contribution < -0.4 is 19.5 Å². The van der Waals surface area contributed by atoms with Gasteiger partial charge in [-0.3, -0.25) is 4.79 Å². The summed E-state index contributed by atoms with van der Waals surface area (Å²) in [6.07, 6.45) is 4.83. The van der Waals surface area contributed by atoms with Crippen LogP contribution in [0.1, 0.15) is 21.5 Å². The minimum Gasteiger partial charge on any atom is -0.492 e. The molecule has 8 heteroatoms. The number of hydrogen-bond acceptors (Lipinski definition) is 6. The van der Waals surface area contributed by atoms with Crippen molar-refractivity contribution in [3.63, 3.8) is 0 Å². The van der Waals surface area contributed by atoms with E-state index in [0.29, 0.717) is 34.1 Å². The number of ether oxygens (including phenoxy) is 3. The third-order valence-electron chi connectivity index (χ3n) is 4.22. The van der Waals surface area contributed by atoms with Crippen LogP contribution >= 0.6 is 0 Å². The first-order valence-electron chi connectivity index (χ1n) is 7.92. The Balaban J connectivity index is 2.08. The number of aromatic nitrogens is 3. The molecule has 8 nitrogen and oxygen atoms in total. The molecule has 0 atom stereocenters. The number of methoxy groups -OCH3 is 3. The number of hydrogen-bond donors (Lipinski definition) is 1. The molecule has 26 heavy (non-hydrogen) atoms. The lowest BCUT2D eigenvalue weighted by molar-refractivity contribution is 0.102. The fourth-order valence-corrected chi connectivity index (χ4v) is 2.98. The molecular weight excluding hydrogens is 336 g/mol. The Morgan fingerprint density at radius 3 is 2.23 bits per heavy atom. The van der Waals surface area contributed by atoms with E-state index >= 15 is 0 Å². The molecule has 0 bridgehead atoms. The Morgan fingerprint density at radius 2 is 1.65 bits per heavy atom. The molecule has 0 saturated heterocycles. The van der Waals surface area contributed by atoms with Crippen molar-refractivity contribution in [2.45, 2.75) is 13.8 Å². The van der Waals surface area contributed by atoms with Gasteiger partial charge < -0.3 is 19.5 Å². The van der Waals surface area contributed by atoms with Gasteiger partial charge in [0.25, 0.3) is 5.91 Å². The fraction of sp³-hybridized carbons (Fsp3) is 0.278. The second kappa shape index (κ2) is 6.91. The first kappa shape index (κ1) is 17.5. The lowest BCUT2D eigenvalue weighted by Gasteiger charge is -2.21. The largest absolute Gasteiger partial charge is 0.492 e. The smallest absolute Gasteiger partial charge is 0.261 e. The van der Waals surface area contributed by atoms with Gasteiger partial charge in [0.15, 0.2) is 17.1 Å². The highest BCUT2D eigenvalue weighted by atomic mass is 16.5. The highest BCUT2D eigenvalue weighted by molar-refractivity contribution is 6.09. The zero-order valence-corrected chi connectivity index (χ0v) is 15.3. The second-order valence-electron chi connectivity index (χ2n) is 5.62. The lowest BCUT2D eigenvalue weighted by atomic mass is 10.0. The standard InChI is InChI=1S/C18H20N4O4/c1-10-13(11(2)15(25-4)16(26-5)14(10)24-3)21-18(23)12-9-20-22-8-6-7-19-17(12)22/h6-9H,1-5H3,(H,21,23). The van der Waals surface area contributed by atoms with Crippen molar-refractivity contribution in [3.05, 3.63) is 41.3 Å². The van der Waals surface area contributed by atoms with E-state index in [0.717, 1.165) is 11.1 Å². The number of rotatable bonds is 5. The van der Waals surface area contributed by atoms with E-state index in [2.05, 4.69) is 15.4 Å². The molecule has 0 spiro atoms. The van der Waals surface area contributed by atoms with E-state index in [4.69, 9.17) is 14.2 Å². The van der Waals surface area contributed by atoms with Crippen LogP contribution in [0, 0.1) is 13.8 Å². The molecule has 0 saturated carbocycles. The predicted molar refractivity (Wildman–Crippen MR) is 96.5 cm³/mol. The van der Waals surface area contributed by atoms with Crippen molar-refractivity contribution in [2.24, 2.45) is 0 Å². The third-order valence-corrected chi connectivity index (χ3v) is 4.22. The van der Waals surface area contributed by atoms with Gasteiger partial charge in [-0.15, -0.1) is 0 Å². The molecule has 2 heterocycles. The summed E-state index contributed by atoms with van der Waals surface area (Å²) < 4.78 is 17.9. The summed E-state index contributed by atoms with van der Waals surface area (Å²) in [5.41, 5.74) is 2.92. The van der Waals surface area contributed by atoms with Crippen LogP contribution in [0.5, 0.6) is 17.2 Å². The number of fused-ring (bicyclic) bond motifs is 1. The van der Waals surface area contributed by atoms with Crippen LogP contribution in [0.3, 0.4) is 0 Å². The molecule has 0 aliphatic rings. The Bertz CT molecular complexity index is 950. The fourth-order valence-electron chi connectivity index (χ4n) is 2.98. The molecule has 0 unspecified atom stereocenters. The summed E-state index contributed by atoms with van der Waals surface area (Å²) in [6, 6.07) is 1.75. The SMILES string of the molecule is COc1c(C)c(NC(=O)c2cnn3cccnc23)c(C)c(OC)c1OC. The molecule has 1 amide bonds. The highest BCUT2D eigenvalue weighted by Gasteiger charge is 2.24. The van der Waals surface area contributed by atoms with Gasteiger partial charge in [0, 0.05) is 23.5 Å². The quantitative estimate of drug-likeness (QED) is 0.756. The van der Waals surface area contributed by atoms with Crippen LogP contribution in [0.15, 0.2) is 24.7 Å². The van der Waals surface area contributed by atoms with Gasteiger partial charge in [0.05, 0.1) is 33.2 Å². The molecule has 3 aromatic rings. The summed E-state index contributed by atoms with van der Waals surface area (Å²) in [6.45, 7) is 3.69. The Morgan fingerprint density at radius 1 is 1.04 bits per heavy atom. The second-order valence-corrected chi connectivity index (χ2v) is 5.62. The maximum absolute atomic E-state index is 12.8. The van der Waals surface area contributed by atoms with E-state index in [1.165, 1.54) is 6.20 Å². The average molecular weight is 356 g/mol. The van der Waals surface area contributed by atoms with Gasteiger partial charge in [-0.05, 0) is 19.9 Å². The van der Waals surface area contributed by atoms with Crippen molar-refractivity contribution < 1.29 is 19.0 Å². The van der Waals surface area contributed by atoms with Gasteiger partial charge >= 0.3 is 0 Å². The number of nitrogens with one attached hydrogen (secondary N) is 1. The van der Waals surface area contributed by atoms with E-state index in [9.17, 15) is 4.79 Å². The maximum Gasteiger partial charge on any atom is 0.261 e. The zero-order chi connectivity index (χ0) is 18.8. The van der Waals surface area contributed by atoms with E-state index < -0.39 is 0 Å². The predicted octanol–water partition coefficient (Wildman–Crippen LogP) is 2.62. The van der Waals surface area contributed by atoms with Crippen LogP contribution in [0.2, 0.25) is 0 Å². The normalized spacial score (nSPS) is 10.7. The summed E-state index contributed by atoms with van der Waals surface area (Å²) in [4.78, 5) is 17.0. The van der Waals surface area contributed by atoms with Crippen molar-refractivity contribution in [3.8, 4) is 17.2 Å². The number of nitrogens with zero attached hydrogens (tertiary/aromatic N) is 3. The van der Waals surface area contributed by atoms with Gasteiger partial charge in [-0.1, -0.05) is 0 Å². The van der Waals surface area contributed by atoms with Crippen molar-refractivity contribution in [1.82, 2.24) is 14.6 Å². The summed E-state index contributed by atoms with van der Waals surface area (Å²) in [5, 5.41) is 7.07. The van der Waals surface area contributed by atoms with Crippen molar-refractivity contribution in [1.29, 1.82) is 0 Å². The zero-order valence-electron chi connectivity index (χ0n) is 15.3. The first-order valence-corrected chi connectivity index (χ1v) is 7.92. The summed E-state index contributed by atoms with van der Waals surface area (Å²) in [7, 11) is 4.63. The molecule has 0 radical (unpaired) electrons. The Labute approximate surface area is 150 Å². The topological polar surface area (TPSA) is 87.0 Å².